The van der Waals surface area contributed by atoms with Crippen LogP contribution >= 0.6 is 0 Å². The zero-order valence-electron chi connectivity index (χ0n) is 20.1. The fraction of sp³-hybridized carbons (Fsp3) is 0.741. The quantitative estimate of drug-likeness (QED) is 0.307. The minimum Gasteiger partial charge on any atom is -0.595 e. The number of phenols is 1. The Balaban J connectivity index is 1.34. The fourth-order valence-corrected chi connectivity index (χ4v) is 8.75. The first-order valence-corrected chi connectivity index (χ1v) is 13.0. The minimum atomic E-state index is -1.03. The third-order valence-corrected chi connectivity index (χ3v) is 10.8. The molecule has 33 heavy (non-hydrogen) atoms. The second-order valence-electron chi connectivity index (χ2n) is 12.0. The molecule has 0 heterocycles. The molecule has 0 radical (unpaired) electrons. The lowest BCUT2D eigenvalue weighted by Crippen LogP contribution is -2.99. The number of aliphatic hydroxyl groups is 1. The number of hydrogen-bond acceptors (Lipinski definition) is 5. The zero-order chi connectivity index (χ0) is 23.4. The Morgan fingerprint density at radius 1 is 1.06 bits per heavy atom. The summed E-state index contributed by atoms with van der Waals surface area (Å²) in [5.41, 5.74) is 0.0164. The molecule has 0 bridgehead atoms. The van der Waals surface area contributed by atoms with E-state index in [1.165, 1.54) is 69.4 Å². The molecule has 0 saturated heterocycles. The van der Waals surface area contributed by atoms with Gasteiger partial charge in [-0.1, -0.05) is 26.7 Å². The van der Waals surface area contributed by atoms with Gasteiger partial charge in [0.05, 0.1) is 12.1 Å². The van der Waals surface area contributed by atoms with E-state index in [1.54, 1.807) is 0 Å². The van der Waals surface area contributed by atoms with Gasteiger partial charge >= 0.3 is 0 Å². The first-order chi connectivity index (χ1) is 15.7. The van der Waals surface area contributed by atoms with Crippen LogP contribution in [0.2, 0.25) is 0 Å². The summed E-state index contributed by atoms with van der Waals surface area (Å²) in [5, 5.41) is 41.4. The molecule has 0 spiro atoms. The highest BCUT2D eigenvalue weighted by molar-refractivity contribution is 5.84. The molecule has 182 valence electrons. The molecular formula is C27H40N2O4. The maximum absolute atomic E-state index is 11.9. The van der Waals surface area contributed by atoms with E-state index in [4.69, 9.17) is 0 Å². The Labute approximate surface area is 197 Å². The molecule has 0 aliphatic heterocycles. The van der Waals surface area contributed by atoms with Crippen molar-refractivity contribution in [2.45, 2.75) is 83.7 Å². The van der Waals surface area contributed by atoms with Crippen LogP contribution in [0, 0.1) is 39.7 Å². The highest BCUT2D eigenvalue weighted by Crippen LogP contribution is 2.68. The summed E-state index contributed by atoms with van der Waals surface area (Å²) >= 11 is 0. The third-order valence-electron chi connectivity index (χ3n) is 10.8. The van der Waals surface area contributed by atoms with E-state index in [0.717, 1.165) is 37.0 Å². The Morgan fingerprint density at radius 3 is 2.64 bits per heavy atom. The summed E-state index contributed by atoms with van der Waals surface area (Å²) in [5.74, 6) is 2.98. The number of nitrogens with zero attached hydrogens (tertiary/aromatic N) is 1. The molecule has 6 nitrogen and oxygen atoms in total. The molecule has 4 fully saturated rings. The second-order valence-corrected chi connectivity index (χ2v) is 12.0. The van der Waals surface area contributed by atoms with Gasteiger partial charge < -0.3 is 15.4 Å². The largest absolute Gasteiger partial charge is 0.595 e. The number of phenolic OH excluding ortho intramolecular Hbond substituents is 1. The van der Waals surface area contributed by atoms with Crippen molar-refractivity contribution in [2.75, 3.05) is 6.54 Å². The van der Waals surface area contributed by atoms with E-state index >= 15 is 0 Å². The van der Waals surface area contributed by atoms with Crippen molar-refractivity contribution in [1.82, 2.24) is 0 Å². The van der Waals surface area contributed by atoms with Crippen LogP contribution in [-0.4, -0.2) is 33.8 Å². The number of benzene rings is 1. The van der Waals surface area contributed by atoms with Gasteiger partial charge in [0.25, 0.3) is 0 Å². The van der Waals surface area contributed by atoms with Gasteiger partial charge in [-0.3, -0.25) is 4.99 Å². The van der Waals surface area contributed by atoms with Crippen LogP contribution in [-0.2, 0) is 0 Å². The van der Waals surface area contributed by atoms with Crippen molar-refractivity contribution >= 4 is 11.9 Å². The summed E-state index contributed by atoms with van der Waals surface area (Å²) in [6.45, 7) is 5.18. The van der Waals surface area contributed by atoms with Crippen LogP contribution in [0.15, 0.2) is 23.2 Å². The second kappa shape index (κ2) is 8.33. The van der Waals surface area contributed by atoms with E-state index in [0.29, 0.717) is 23.4 Å². The molecule has 8 unspecified atom stereocenters. The van der Waals surface area contributed by atoms with Crippen LogP contribution < -0.4 is 5.23 Å². The van der Waals surface area contributed by atoms with Crippen molar-refractivity contribution in [1.29, 1.82) is 0 Å². The topological polar surface area (TPSA) is 101 Å². The van der Waals surface area contributed by atoms with Gasteiger partial charge in [0, 0.05) is 29.3 Å². The number of hydrogen-bond donors (Lipinski definition) is 4. The van der Waals surface area contributed by atoms with Crippen LogP contribution in [0.25, 0.3) is 0 Å². The van der Waals surface area contributed by atoms with Crippen LogP contribution in [0.5, 0.6) is 5.75 Å². The Kier molecular flexibility index (Phi) is 5.88. The van der Waals surface area contributed by atoms with Crippen molar-refractivity contribution < 1.29 is 20.6 Å². The molecule has 4 N–H and O–H groups in total. The van der Waals surface area contributed by atoms with E-state index in [9.17, 15) is 20.6 Å². The van der Waals surface area contributed by atoms with Crippen molar-refractivity contribution in [3.05, 3.63) is 29.0 Å². The predicted octanol–water partition coefficient (Wildman–Crippen LogP) is 4.38. The van der Waals surface area contributed by atoms with E-state index in [1.807, 2.05) is 0 Å². The van der Waals surface area contributed by atoms with E-state index in [2.05, 4.69) is 18.8 Å². The number of quaternary nitrogens is 1. The summed E-state index contributed by atoms with van der Waals surface area (Å²) < 4.78 is 0. The monoisotopic (exact) mass is 456 g/mol. The predicted molar refractivity (Wildman–Crippen MR) is 128 cm³/mol. The summed E-state index contributed by atoms with van der Waals surface area (Å²) in [4.78, 5) is 4.55. The number of aromatic hydroxyl groups is 1. The third kappa shape index (κ3) is 3.65. The van der Waals surface area contributed by atoms with Gasteiger partial charge in [0.15, 0.2) is 5.69 Å². The standard InChI is InChI=1S/C27H40N2O4/c1-25-12-4-3-5-19(25)6-8-21-22(25)10-13-26(2)23(21)11-14-27(26,31)17-28-16-18-15-20(29(32)33)7-9-24(18)30/h7,9,15-16,19,21-23,29-32H,3-6,8,10-14,17H2,1-2H3. The molecular weight excluding hydrogens is 416 g/mol. The van der Waals surface area contributed by atoms with Crippen molar-refractivity contribution in [2.24, 2.45) is 39.5 Å². The van der Waals surface area contributed by atoms with Gasteiger partial charge in [-0.2, -0.15) is 5.23 Å². The number of rotatable bonds is 4. The molecule has 0 amide bonds. The average Bonchev–Trinajstić information content (AvgIpc) is 3.05. The molecule has 1 aromatic carbocycles. The van der Waals surface area contributed by atoms with Crippen LogP contribution in [0.4, 0.5) is 5.69 Å². The lowest BCUT2D eigenvalue weighted by atomic mass is 9.44. The van der Waals surface area contributed by atoms with E-state index in [-0.39, 0.29) is 16.9 Å². The highest BCUT2D eigenvalue weighted by atomic mass is 16.8. The minimum absolute atomic E-state index is 0.00393. The average molecular weight is 457 g/mol. The smallest absolute Gasteiger partial charge is 0.164 e. The van der Waals surface area contributed by atoms with E-state index < -0.39 is 10.8 Å². The van der Waals surface area contributed by atoms with Crippen molar-refractivity contribution in [3.63, 3.8) is 0 Å². The molecule has 0 aromatic heterocycles. The van der Waals surface area contributed by atoms with Gasteiger partial charge in [0.1, 0.15) is 5.75 Å². The SMILES string of the molecule is CC12CCCCC1CCC1C2CCC2(C)C1CCC2(O)CN=Cc1cc([NH+]([O-])O)ccc1O. The maximum atomic E-state index is 11.9. The number of nitrogens with one attached hydrogen (secondary N) is 1. The molecule has 4 aliphatic rings. The summed E-state index contributed by atoms with van der Waals surface area (Å²) in [6.07, 6.45) is 13.9. The van der Waals surface area contributed by atoms with Crippen molar-refractivity contribution in [3.8, 4) is 5.75 Å². The van der Waals surface area contributed by atoms with Gasteiger partial charge in [-0.15, -0.1) is 0 Å². The first kappa shape index (κ1) is 23.3. The molecule has 4 saturated carbocycles. The Morgan fingerprint density at radius 2 is 1.85 bits per heavy atom. The maximum Gasteiger partial charge on any atom is 0.164 e. The molecule has 4 aliphatic carbocycles. The highest BCUT2D eigenvalue weighted by Gasteiger charge is 2.64. The van der Waals surface area contributed by atoms with Gasteiger partial charge in [-0.25, -0.2) is 5.21 Å². The Hall–Kier alpha value is -1.47. The number of fused-ring (bicyclic) bond motifs is 5. The molecule has 5 rings (SSSR count). The molecule has 1 aromatic rings. The lowest BCUT2D eigenvalue weighted by molar-refractivity contribution is -0.991. The Bertz CT molecular complexity index is 919. The van der Waals surface area contributed by atoms with Gasteiger partial charge in [-0.05, 0) is 86.5 Å². The normalized spacial score (nSPS) is 43.7. The lowest BCUT2D eigenvalue weighted by Gasteiger charge is -2.61. The summed E-state index contributed by atoms with van der Waals surface area (Å²) in [6, 6.07) is 4.19. The molecule has 8 atom stereocenters. The molecule has 6 heteroatoms. The number of aliphatic imine (C=N–C) groups is 1. The van der Waals surface area contributed by atoms with Crippen LogP contribution in [0.3, 0.4) is 0 Å². The van der Waals surface area contributed by atoms with Crippen LogP contribution in [0.1, 0.15) is 83.6 Å². The van der Waals surface area contributed by atoms with Gasteiger partial charge in [0.2, 0.25) is 0 Å². The summed E-state index contributed by atoms with van der Waals surface area (Å²) in [7, 11) is 0. The first-order valence-electron chi connectivity index (χ1n) is 13.0. The fourth-order valence-electron chi connectivity index (χ4n) is 8.75. The zero-order valence-corrected chi connectivity index (χ0v) is 20.1.